The molecule has 0 spiro atoms. The van der Waals surface area contributed by atoms with Crippen molar-refractivity contribution in [2.24, 2.45) is 0 Å². The van der Waals surface area contributed by atoms with Crippen LogP contribution in [0.3, 0.4) is 0 Å². The molecule has 0 aliphatic carbocycles. The molecule has 6 heteroatoms. The standard InChI is InChI=1S/C18H15ClN4O/c19-12-6-7-14-16(10-12)20-11-21-17(14)22-15-8-9-23(18(15)24)13-4-2-1-3-5-13/h1-7,10-11,15H,8-9H2,(H,20,21,22). The number of hydrogen-bond acceptors (Lipinski definition) is 4. The van der Waals surface area contributed by atoms with Crippen LogP contribution >= 0.6 is 11.6 Å². The molecule has 2 aromatic carbocycles. The van der Waals surface area contributed by atoms with E-state index in [-0.39, 0.29) is 11.9 Å². The van der Waals surface area contributed by atoms with E-state index in [1.165, 1.54) is 6.33 Å². The van der Waals surface area contributed by atoms with E-state index in [2.05, 4.69) is 15.3 Å². The third-order valence-electron chi connectivity index (χ3n) is 4.18. The molecule has 1 atom stereocenters. The largest absolute Gasteiger partial charge is 0.358 e. The second-order valence-electron chi connectivity index (χ2n) is 5.69. The maximum Gasteiger partial charge on any atom is 0.249 e. The molecule has 1 aromatic heterocycles. The Morgan fingerprint density at radius 2 is 1.96 bits per heavy atom. The summed E-state index contributed by atoms with van der Waals surface area (Å²) < 4.78 is 0. The highest BCUT2D eigenvalue weighted by Gasteiger charge is 2.32. The van der Waals surface area contributed by atoms with Crippen LogP contribution in [0.2, 0.25) is 5.02 Å². The molecule has 0 radical (unpaired) electrons. The summed E-state index contributed by atoms with van der Waals surface area (Å²) >= 11 is 6.01. The van der Waals surface area contributed by atoms with Gasteiger partial charge in [-0.2, -0.15) is 0 Å². The number of anilines is 2. The van der Waals surface area contributed by atoms with Crippen LogP contribution < -0.4 is 10.2 Å². The van der Waals surface area contributed by atoms with Crippen LogP contribution in [0.5, 0.6) is 0 Å². The van der Waals surface area contributed by atoms with Crippen molar-refractivity contribution in [1.29, 1.82) is 0 Å². The Bertz CT molecular complexity index is 900. The molecule has 1 aliphatic rings. The van der Waals surface area contributed by atoms with E-state index in [0.717, 1.165) is 23.0 Å². The lowest BCUT2D eigenvalue weighted by atomic mass is 10.2. The fourth-order valence-corrected chi connectivity index (χ4v) is 3.15. The molecular weight excluding hydrogens is 324 g/mol. The number of rotatable bonds is 3. The smallest absolute Gasteiger partial charge is 0.249 e. The summed E-state index contributed by atoms with van der Waals surface area (Å²) in [6, 6.07) is 14.9. The number of benzene rings is 2. The van der Waals surface area contributed by atoms with E-state index in [1.807, 2.05) is 36.4 Å². The number of nitrogens with one attached hydrogen (secondary N) is 1. The molecule has 120 valence electrons. The van der Waals surface area contributed by atoms with Gasteiger partial charge in [0.25, 0.3) is 0 Å². The second-order valence-corrected chi connectivity index (χ2v) is 6.13. The quantitative estimate of drug-likeness (QED) is 0.794. The molecule has 4 rings (SSSR count). The molecule has 1 unspecified atom stereocenters. The van der Waals surface area contributed by atoms with Gasteiger partial charge in [-0.3, -0.25) is 4.79 Å². The van der Waals surface area contributed by atoms with Crippen LogP contribution in [-0.4, -0.2) is 28.5 Å². The third-order valence-corrected chi connectivity index (χ3v) is 4.42. The summed E-state index contributed by atoms with van der Waals surface area (Å²) in [6.45, 7) is 0.690. The number of halogens is 1. The van der Waals surface area contributed by atoms with Gasteiger partial charge in [-0.25, -0.2) is 9.97 Å². The van der Waals surface area contributed by atoms with Gasteiger partial charge in [0, 0.05) is 22.6 Å². The Morgan fingerprint density at radius 1 is 1.12 bits per heavy atom. The predicted octanol–water partition coefficient (Wildman–Crippen LogP) is 3.50. The number of aromatic nitrogens is 2. The molecule has 3 aromatic rings. The van der Waals surface area contributed by atoms with E-state index >= 15 is 0 Å². The lowest BCUT2D eigenvalue weighted by Crippen LogP contribution is -2.33. The Labute approximate surface area is 144 Å². The number of amides is 1. The normalized spacial score (nSPS) is 17.5. The van der Waals surface area contributed by atoms with Crippen LogP contribution in [-0.2, 0) is 4.79 Å². The first kappa shape index (κ1) is 14.9. The molecule has 5 nitrogen and oxygen atoms in total. The molecule has 2 heterocycles. The third kappa shape index (κ3) is 2.67. The summed E-state index contributed by atoms with van der Waals surface area (Å²) in [5.41, 5.74) is 1.68. The molecule has 1 N–H and O–H groups in total. The SMILES string of the molecule is O=C1C(Nc2ncnc3cc(Cl)ccc23)CCN1c1ccccc1. The Hall–Kier alpha value is -2.66. The molecule has 0 bridgehead atoms. The summed E-state index contributed by atoms with van der Waals surface area (Å²) in [6.07, 6.45) is 2.21. The minimum atomic E-state index is -0.293. The van der Waals surface area contributed by atoms with Gasteiger partial charge in [-0.15, -0.1) is 0 Å². The van der Waals surface area contributed by atoms with Crippen molar-refractivity contribution in [3.8, 4) is 0 Å². The maximum absolute atomic E-state index is 12.7. The van der Waals surface area contributed by atoms with E-state index in [4.69, 9.17) is 11.6 Å². The number of carbonyl (C=O) groups excluding carboxylic acids is 1. The first-order valence-corrected chi connectivity index (χ1v) is 8.13. The molecule has 1 amide bonds. The van der Waals surface area contributed by atoms with Gasteiger partial charge in [-0.05, 0) is 36.8 Å². The van der Waals surface area contributed by atoms with Crippen molar-refractivity contribution in [2.45, 2.75) is 12.5 Å². The zero-order valence-corrected chi connectivity index (χ0v) is 13.6. The van der Waals surface area contributed by atoms with Gasteiger partial charge in [-0.1, -0.05) is 29.8 Å². The maximum atomic E-state index is 12.7. The van der Waals surface area contributed by atoms with Gasteiger partial charge >= 0.3 is 0 Å². The van der Waals surface area contributed by atoms with Gasteiger partial charge in [0.05, 0.1) is 5.52 Å². The van der Waals surface area contributed by atoms with E-state index < -0.39 is 0 Å². The van der Waals surface area contributed by atoms with Crippen molar-refractivity contribution < 1.29 is 4.79 Å². The molecule has 1 fully saturated rings. The topological polar surface area (TPSA) is 58.1 Å². The molecule has 1 aliphatic heterocycles. The minimum Gasteiger partial charge on any atom is -0.358 e. The average Bonchev–Trinajstić information content (AvgIpc) is 2.96. The van der Waals surface area contributed by atoms with Crippen LogP contribution in [0.25, 0.3) is 10.9 Å². The van der Waals surface area contributed by atoms with Gasteiger partial charge < -0.3 is 10.2 Å². The monoisotopic (exact) mass is 338 g/mol. The highest BCUT2D eigenvalue weighted by molar-refractivity contribution is 6.31. The summed E-state index contributed by atoms with van der Waals surface area (Å²) in [5, 5.41) is 4.75. The van der Waals surface area contributed by atoms with Crippen molar-refractivity contribution in [3.63, 3.8) is 0 Å². The van der Waals surface area contributed by atoms with E-state index in [1.54, 1.807) is 17.0 Å². The fourth-order valence-electron chi connectivity index (χ4n) is 2.99. The molecular formula is C18H15ClN4O. The van der Waals surface area contributed by atoms with Gasteiger partial charge in [0.2, 0.25) is 5.91 Å². The summed E-state index contributed by atoms with van der Waals surface area (Å²) in [4.78, 5) is 23.0. The van der Waals surface area contributed by atoms with Crippen LogP contribution in [0.15, 0.2) is 54.9 Å². The van der Waals surface area contributed by atoms with Crippen LogP contribution in [0, 0.1) is 0 Å². The van der Waals surface area contributed by atoms with Crippen molar-refractivity contribution in [1.82, 2.24) is 9.97 Å². The fraction of sp³-hybridized carbons (Fsp3) is 0.167. The second kappa shape index (κ2) is 6.09. The Balaban J connectivity index is 1.60. The van der Waals surface area contributed by atoms with Gasteiger partial charge in [0.1, 0.15) is 18.2 Å². The predicted molar refractivity (Wildman–Crippen MR) is 95.4 cm³/mol. The van der Waals surface area contributed by atoms with Crippen LogP contribution in [0.1, 0.15) is 6.42 Å². The Morgan fingerprint density at radius 3 is 2.79 bits per heavy atom. The summed E-state index contributed by atoms with van der Waals surface area (Å²) in [7, 11) is 0. The van der Waals surface area contributed by atoms with E-state index in [9.17, 15) is 4.79 Å². The number of nitrogens with zero attached hydrogens (tertiary/aromatic N) is 3. The number of carbonyl (C=O) groups is 1. The molecule has 1 saturated heterocycles. The van der Waals surface area contributed by atoms with Crippen molar-refractivity contribution >= 4 is 39.9 Å². The highest BCUT2D eigenvalue weighted by Crippen LogP contribution is 2.26. The zero-order chi connectivity index (χ0) is 16.5. The summed E-state index contributed by atoms with van der Waals surface area (Å²) in [5.74, 6) is 0.715. The highest BCUT2D eigenvalue weighted by atomic mass is 35.5. The van der Waals surface area contributed by atoms with Crippen molar-refractivity contribution in [3.05, 3.63) is 59.9 Å². The lowest BCUT2D eigenvalue weighted by Gasteiger charge is -2.17. The van der Waals surface area contributed by atoms with Crippen LogP contribution in [0.4, 0.5) is 11.5 Å². The molecule has 0 saturated carbocycles. The van der Waals surface area contributed by atoms with Crippen molar-refractivity contribution in [2.75, 3.05) is 16.8 Å². The number of fused-ring (bicyclic) bond motifs is 1. The van der Waals surface area contributed by atoms with E-state index in [0.29, 0.717) is 17.4 Å². The van der Waals surface area contributed by atoms with Gasteiger partial charge in [0.15, 0.2) is 0 Å². The first-order chi connectivity index (χ1) is 11.7. The zero-order valence-electron chi connectivity index (χ0n) is 12.8. The Kier molecular flexibility index (Phi) is 3.78. The first-order valence-electron chi connectivity index (χ1n) is 7.75. The average molecular weight is 339 g/mol. The number of para-hydroxylation sites is 1. The molecule has 24 heavy (non-hydrogen) atoms. The number of hydrogen-bond donors (Lipinski definition) is 1. The minimum absolute atomic E-state index is 0.0573. The lowest BCUT2D eigenvalue weighted by molar-refractivity contribution is -0.117.